The summed E-state index contributed by atoms with van der Waals surface area (Å²) in [6.07, 6.45) is 0.0782. The summed E-state index contributed by atoms with van der Waals surface area (Å²) in [4.78, 5) is 41.7. The first-order valence-electron chi connectivity index (χ1n) is 4.92. The van der Waals surface area contributed by atoms with Gasteiger partial charge < -0.3 is 39.9 Å². The highest BCUT2D eigenvalue weighted by Crippen LogP contribution is 2.34. The zero-order valence-electron chi connectivity index (χ0n) is 9.00. The van der Waals surface area contributed by atoms with E-state index >= 15 is 0 Å². The van der Waals surface area contributed by atoms with Crippen molar-refractivity contribution in [2.45, 2.75) is 37.4 Å². The van der Waals surface area contributed by atoms with Crippen LogP contribution >= 0.6 is 7.60 Å². The Morgan fingerprint density at radius 1 is 1.06 bits per heavy atom. The predicted octanol–water partition coefficient (Wildman–Crippen LogP) is -5.06. The molecule has 3 N–H and O–H groups in total. The molecule has 8 nitrogen and oxygen atoms in total. The third-order valence-corrected chi connectivity index (χ3v) is 3.50. The molecule has 0 spiro atoms. The van der Waals surface area contributed by atoms with Crippen molar-refractivity contribution in [2.24, 2.45) is 0 Å². The minimum atomic E-state index is -5.22. The number of unbranched alkanes of at least 4 members (excludes halogenated alkanes) is 1. The van der Waals surface area contributed by atoms with Crippen LogP contribution in [0.3, 0.4) is 0 Å². The molecule has 0 aromatic heterocycles. The Balaban J connectivity index is 4.05. The van der Waals surface area contributed by atoms with Crippen LogP contribution in [0.15, 0.2) is 0 Å². The topological polar surface area (TPSA) is 171 Å². The first-order valence-corrected chi connectivity index (χ1v) is 6.54. The summed E-state index contributed by atoms with van der Waals surface area (Å²) in [5.74, 6) is -3.26. The molecule has 0 aliphatic carbocycles. The third-order valence-electron chi connectivity index (χ3n) is 2.27. The van der Waals surface area contributed by atoms with Gasteiger partial charge in [0, 0.05) is 18.0 Å². The standard InChI is InChI=1S/C8H16NO7P/c9-5(7(10)11)3-1-2-4-6(8(12)13)17(14,15)16/h5-6H,1-4,9H2,(H,10,11)(H,12,13)(H2,14,15,16)/p-3/t5-,6-/m0/s1. The molecule has 0 saturated carbocycles. The number of carbonyl (C=O) groups is 2. The Morgan fingerprint density at radius 3 is 1.88 bits per heavy atom. The zero-order valence-corrected chi connectivity index (χ0v) is 9.89. The van der Waals surface area contributed by atoms with Crippen LogP contribution in [0.2, 0.25) is 0 Å². The molecule has 0 radical (unpaired) electrons. The number of hydrogen-bond donors (Lipinski definition) is 1. The Morgan fingerprint density at radius 2 is 1.53 bits per heavy atom. The maximum Gasteiger partial charge on any atom is 0.124 e. The largest absolute Gasteiger partial charge is 0.810 e. The highest BCUT2D eigenvalue weighted by atomic mass is 31.2. The summed E-state index contributed by atoms with van der Waals surface area (Å²) in [6.45, 7) is 0. The number of carboxylic acids is 2. The molecule has 0 bridgehead atoms. The molecule has 0 aromatic carbocycles. The van der Waals surface area contributed by atoms with Crippen molar-refractivity contribution in [3.05, 3.63) is 0 Å². The second-order valence-electron chi connectivity index (χ2n) is 3.68. The van der Waals surface area contributed by atoms with E-state index in [9.17, 15) is 34.2 Å². The van der Waals surface area contributed by atoms with Crippen LogP contribution in [0.1, 0.15) is 25.7 Å². The SMILES string of the molecule is [NH3+][C@@H](CCCC[C@@H](C(=O)[O-])P(=O)([O-])[O-])C(=O)[O-]. The lowest BCUT2D eigenvalue weighted by atomic mass is 10.1. The van der Waals surface area contributed by atoms with Crippen LogP contribution in [0.5, 0.6) is 0 Å². The van der Waals surface area contributed by atoms with Crippen LogP contribution in [-0.2, 0) is 14.2 Å². The van der Waals surface area contributed by atoms with Crippen molar-refractivity contribution in [1.82, 2.24) is 0 Å². The van der Waals surface area contributed by atoms with Gasteiger partial charge in [-0.15, -0.1) is 0 Å². The van der Waals surface area contributed by atoms with Crippen LogP contribution in [0.4, 0.5) is 0 Å². The van der Waals surface area contributed by atoms with Crippen molar-refractivity contribution in [2.75, 3.05) is 0 Å². The molecule has 2 atom stereocenters. The van der Waals surface area contributed by atoms with Gasteiger partial charge in [-0.2, -0.15) is 0 Å². The number of hydrogen-bond acceptors (Lipinski definition) is 7. The molecule has 0 aromatic rings. The smallest absolute Gasteiger partial charge is 0.124 e. The molecule has 0 saturated heterocycles. The minimum Gasteiger partial charge on any atom is -0.810 e. The van der Waals surface area contributed by atoms with E-state index in [-0.39, 0.29) is 25.7 Å². The Kier molecular flexibility index (Phi) is 6.33. The number of quaternary nitrogens is 1. The number of carboxylic acid groups (broad SMARTS) is 2. The average Bonchev–Trinajstić information content (AvgIpc) is 2.13. The van der Waals surface area contributed by atoms with E-state index in [0.29, 0.717) is 0 Å². The third kappa shape index (κ3) is 6.38. The molecule has 0 unspecified atom stereocenters. The zero-order chi connectivity index (χ0) is 13.6. The lowest BCUT2D eigenvalue weighted by molar-refractivity contribution is -0.438. The average molecular weight is 266 g/mol. The van der Waals surface area contributed by atoms with Gasteiger partial charge >= 0.3 is 0 Å². The Hall–Kier alpha value is -0.950. The second kappa shape index (κ2) is 6.70. The van der Waals surface area contributed by atoms with E-state index in [4.69, 9.17) is 0 Å². The first kappa shape index (κ1) is 16.1. The molecule has 0 aliphatic rings. The Labute approximate surface area is 97.6 Å². The number of carbonyl (C=O) groups excluding carboxylic acids is 2. The van der Waals surface area contributed by atoms with Crippen LogP contribution in [-0.4, -0.2) is 23.6 Å². The predicted molar refractivity (Wildman–Crippen MR) is 46.6 cm³/mol. The van der Waals surface area contributed by atoms with E-state index in [1.807, 2.05) is 0 Å². The summed E-state index contributed by atoms with van der Waals surface area (Å²) < 4.78 is 10.5. The van der Waals surface area contributed by atoms with Gasteiger partial charge in [0.05, 0.1) is 5.97 Å². The molecule has 0 fully saturated rings. The van der Waals surface area contributed by atoms with Gasteiger partial charge in [-0.3, -0.25) is 0 Å². The van der Waals surface area contributed by atoms with Crippen LogP contribution in [0.25, 0.3) is 0 Å². The first-order chi connectivity index (χ1) is 7.66. The van der Waals surface area contributed by atoms with Crippen molar-refractivity contribution < 1.29 is 39.9 Å². The fourth-order valence-corrected chi connectivity index (χ4v) is 2.01. The van der Waals surface area contributed by atoms with Gasteiger partial charge in [0.15, 0.2) is 0 Å². The summed E-state index contributed by atoms with van der Waals surface area (Å²) >= 11 is 0. The lowest BCUT2D eigenvalue weighted by Crippen LogP contribution is -2.68. The second-order valence-corrected chi connectivity index (χ2v) is 5.38. The van der Waals surface area contributed by atoms with Gasteiger partial charge in [0.2, 0.25) is 0 Å². The van der Waals surface area contributed by atoms with E-state index in [1.165, 1.54) is 0 Å². The number of aliphatic carboxylic acids is 2. The molecule has 0 aliphatic heterocycles. The van der Waals surface area contributed by atoms with E-state index in [0.717, 1.165) is 0 Å². The van der Waals surface area contributed by atoms with Crippen molar-refractivity contribution in [3.63, 3.8) is 0 Å². The van der Waals surface area contributed by atoms with Crippen molar-refractivity contribution >= 4 is 19.5 Å². The lowest BCUT2D eigenvalue weighted by Gasteiger charge is -2.38. The minimum absolute atomic E-state index is 0.0897. The quantitative estimate of drug-likeness (QED) is 0.338. The van der Waals surface area contributed by atoms with Crippen LogP contribution < -0.4 is 25.7 Å². The van der Waals surface area contributed by atoms with Gasteiger partial charge in [-0.1, -0.05) is 14.0 Å². The summed E-state index contributed by atoms with van der Waals surface area (Å²) in [5, 5.41) is 20.7. The monoisotopic (exact) mass is 266 g/mol. The molecular formula is C8H13NO7P-3. The summed E-state index contributed by atoms with van der Waals surface area (Å²) in [5.41, 5.74) is 1.21. The van der Waals surface area contributed by atoms with E-state index in [1.54, 1.807) is 0 Å². The fraction of sp³-hybridized carbons (Fsp3) is 0.750. The fourth-order valence-electron chi connectivity index (χ4n) is 1.25. The molecule has 0 heterocycles. The molecular weight excluding hydrogens is 253 g/mol. The molecule has 17 heavy (non-hydrogen) atoms. The van der Waals surface area contributed by atoms with Gasteiger partial charge in [0.25, 0.3) is 0 Å². The number of rotatable bonds is 8. The van der Waals surface area contributed by atoms with Gasteiger partial charge in [-0.05, 0) is 12.8 Å². The van der Waals surface area contributed by atoms with E-state index in [2.05, 4.69) is 5.73 Å². The Bertz CT molecular complexity index is 326. The van der Waals surface area contributed by atoms with Crippen molar-refractivity contribution in [3.8, 4) is 0 Å². The summed E-state index contributed by atoms with van der Waals surface area (Å²) in [7, 11) is -5.22. The van der Waals surface area contributed by atoms with Gasteiger partial charge in [0.1, 0.15) is 6.04 Å². The normalized spacial score (nSPS) is 15.2. The van der Waals surface area contributed by atoms with E-state index < -0.39 is 31.2 Å². The highest BCUT2D eigenvalue weighted by molar-refractivity contribution is 7.50. The molecule has 0 amide bonds. The summed E-state index contributed by atoms with van der Waals surface area (Å²) in [6, 6.07) is -0.942. The molecule has 0 rings (SSSR count). The maximum absolute atomic E-state index is 10.5. The van der Waals surface area contributed by atoms with Crippen molar-refractivity contribution in [1.29, 1.82) is 0 Å². The van der Waals surface area contributed by atoms with Crippen LogP contribution in [0, 0.1) is 0 Å². The van der Waals surface area contributed by atoms with Gasteiger partial charge in [-0.25, -0.2) is 0 Å². The molecule has 100 valence electrons. The highest BCUT2D eigenvalue weighted by Gasteiger charge is 2.14. The maximum atomic E-state index is 10.5. The molecule has 9 heteroatoms.